The first-order chi connectivity index (χ1) is 28.6. The van der Waals surface area contributed by atoms with Crippen LogP contribution in [0.3, 0.4) is 0 Å². The van der Waals surface area contributed by atoms with E-state index in [0.717, 1.165) is 0 Å². The van der Waals surface area contributed by atoms with E-state index >= 15 is 0 Å². The number of alkyl carbamates (subject to hydrolysis) is 2. The molecule has 1 unspecified atom stereocenters. The minimum Gasteiger partial charge on any atom is -0.445 e. The number of nitro benzene ring substituents is 3. The largest absolute Gasteiger partial charge is 0.445 e. The molecule has 0 bridgehead atoms. The van der Waals surface area contributed by atoms with Gasteiger partial charge in [0.05, 0.1) is 14.8 Å². The molecule has 4 N–H and O–H groups in total. The van der Waals surface area contributed by atoms with Gasteiger partial charge in [0.15, 0.2) is 0 Å². The van der Waals surface area contributed by atoms with Crippen LogP contribution in [0.15, 0.2) is 77.8 Å². The number of aliphatic imine (C=N–C) groups is 1. The average molecular weight is 854 g/mol. The molecule has 0 aliphatic carbocycles. The molecule has 3 aromatic rings. The Morgan fingerprint density at radius 2 is 1.17 bits per heavy atom. The van der Waals surface area contributed by atoms with Crippen LogP contribution in [-0.4, -0.2) is 110 Å². The Kier molecular flexibility index (Phi) is 15.2. The van der Waals surface area contributed by atoms with Crippen LogP contribution in [-0.2, 0) is 38.8 Å². The summed E-state index contributed by atoms with van der Waals surface area (Å²) >= 11 is 4.46. The van der Waals surface area contributed by atoms with Gasteiger partial charge in [0.2, 0.25) is 11.9 Å². The molecule has 0 spiro atoms. The zero-order valence-electron chi connectivity index (χ0n) is 31.5. The molecule has 0 aromatic heterocycles. The number of nitrogens with one attached hydrogen (secondary N) is 3. The van der Waals surface area contributed by atoms with Crippen molar-refractivity contribution in [3.63, 3.8) is 0 Å². The van der Waals surface area contributed by atoms with Crippen molar-refractivity contribution in [3.05, 3.63) is 120 Å². The number of nitro groups is 3. The van der Waals surface area contributed by atoms with Crippen LogP contribution < -0.4 is 16.0 Å². The van der Waals surface area contributed by atoms with Crippen LogP contribution in [0.25, 0.3) is 0 Å². The fraction of sp³-hybridized carbons (Fsp3) is 0.361. The number of carbonyl (C=O) groups is 4. The number of carbonyl (C=O) groups excluding carboxylic acids is 4. The standard InChI is InChI=1S/C36H39N9O14S/c46-31(38-25-16-41(17-25)32(47)30-15-29(60)18-42(30)36(50)59-21-24-5-11-28(12-6-24)45(55)56)13-14-37-33(39-34(48)57-19-22-1-7-26(8-2-22)43(51)52)40-35(49)58-20-23-3-9-27(10-4-23)44(53)54/h1-12,25,29-31,38,46,60H,13-21H2,(H2,37,39,40,48,49)/t29-,30-,31?/m0/s1. The molecule has 5 rings (SSSR count). The van der Waals surface area contributed by atoms with Gasteiger partial charge in [0.1, 0.15) is 32.1 Å². The van der Waals surface area contributed by atoms with E-state index in [1.807, 2.05) is 0 Å². The summed E-state index contributed by atoms with van der Waals surface area (Å²) in [4.78, 5) is 89.5. The highest BCUT2D eigenvalue weighted by atomic mass is 32.1. The van der Waals surface area contributed by atoms with Gasteiger partial charge in [-0.25, -0.2) is 14.4 Å². The number of ether oxygens (including phenoxy) is 3. The summed E-state index contributed by atoms with van der Waals surface area (Å²) in [5.74, 6) is -0.724. The summed E-state index contributed by atoms with van der Waals surface area (Å²) in [5, 5.41) is 50.6. The van der Waals surface area contributed by atoms with Gasteiger partial charge in [0.25, 0.3) is 17.1 Å². The summed E-state index contributed by atoms with van der Waals surface area (Å²) in [6.45, 7) is -0.260. The van der Waals surface area contributed by atoms with Gasteiger partial charge < -0.3 is 24.2 Å². The highest BCUT2D eigenvalue weighted by molar-refractivity contribution is 7.81. The van der Waals surface area contributed by atoms with E-state index < -0.39 is 51.3 Å². The van der Waals surface area contributed by atoms with Gasteiger partial charge in [0, 0.05) is 80.3 Å². The molecule has 2 aliphatic heterocycles. The number of hydrogen-bond donors (Lipinski definition) is 5. The van der Waals surface area contributed by atoms with E-state index in [1.54, 1.807) is 0 Å². The smallest absolute Gasteiger partial charge is 0.414 e. The molecular weight excluding hydrogens is 815 g/mol. The van der Waals surface area contributed by atoms with Crippen LogP contribution in [0.4, 0.5) is 31.4 Å². The number of non-ortho nitro benzene ring substituents is 3. The molecule has 0 radical (unpaired) electrons. The highest BCUT2D eigenvalue weighted by Crippen LogP contribution is 2.27. The van der Waals surface area contributed by atoms with Crippen LogP contribution in [0.5, 0.6) is 0 Å². The Labute approximate surface area is 345 Å². The van der Waals surface area contributed by atoms with Crippen molar-refractivity contribution >= 4 is 59.8 Å². The lowest BCUT2D eigenvalue weighted by Gasteiger charge is -2.42. The molecule has 60 heavy (non-hydrogen) atoms. The number of thiol groups is 1. The van der Waals surface area contributed by atoms with Crippen LogP contribution in [0, 0.1) is 30.3 Å². The van der Waals surface area contributed by atoms with Crippen molar-refractivity contribution in [2.24, 2.45) is 4.99 Å². The monoisotopic (exact) mass is 853 g/mol. The summed E-state index contributed by atoms with van der Waals surface area (Å²) in [7, 11) is 0. The van der Waals surface area contributed by atoms with Gasteiger partial charge in [-0.15, -0.1) is 0 Å². The Morgan fingerprint density at radius 1 is 0.733 bits per heavy atom. The third-order valence-electron chi connectivity index (χ3n) is 9.08. The first-order valence-corrected chi connectivity index (χ1v) is 18.6. The first kappa shape index (κ1) is 44.2. The number of aliphatic hydroxyl groups is 1. The van der Waals surface area contributed by atoms with Crippen LogP contribution >= 0.6 is 12.6 Å². The molecule has 3 atom stereocenters. The average Bonchev–Trinajstić information content (AvgIpc) is 3.61. The molecule has 23 nitrogen and oxygen atoms in total. The SMILES string of the molecule is O=C(NC(=NCCC(O)NC1CN(C(=O)[C@@H]2C[C@H](S)CN2C(=O)OCc2ccc([N+](=O)[O-])cc2)C1)NC(=O)OCc1ccc([N+](=O)[O-])cc1)OCc1ccc([N+](=O)[O-])cc1. The molecule has 24 heteroatoms. The van der Waals surface area contributed by atoms with Crippen molar-refractivity contribution < 1.29 is 53.3 Å². The molecule has 2 aliphatic rings. The van der Waals surface area contributed by atoms with Crippen LogP contribution in [0.1, 0.15) is 29.5 Å². The molecule has 2 saturated heterocycles. The van der Waals surface area contributed by atoms with Crippen molar-refractivity contribution in [3.8, 4) is 0 Å². The van der Waals surface area contributed by atoms with Gasteiger partial charge in [-0.3, -0.25) is 61.0 Å². The maximum absolute atomic E-state index is 13.4. The highest BCUT2D eigenvalue weighted by Gasteiger charge is 2.44. The Bertz CT molecular complexity index is 2010. The van der Waals surface area contributed by atoms with Crippen LogP contribution in [0.2, 0.25) is 0 Å². The molecule has 318 valence electrons. The Morgan fingerprint density at radius 3 is 1.60 bits per heavy atom. The number of guanidine groups is 1. The molecule has 4 amide bonds. The molecular formula is C36H39N9O14S. The van der Waals surface area contributed by atoms with E-state index in [2.05, 4.69) is 33.6 Å². The normalized spacial score (nSPS) is 16.4. The number of rotatable bonds is 15. The minimum absolute atomic E-state index is 0.0225. The van der Waals surface area contributed by atoms with E-state index in [4.69, 9.17) is 14.2 Å². The summed E-state index contributed by atoms with van der Waals surface area (Å²) in [5.41, 5.74) is 0.975. The minimum atomic E-state index is -1.14. The van der Waals surface area contributed by atoms with Gasteiger partial charge >= 0.3 is 18.3 Å². The van der Waals surface area contributed by atoms with E-state index in [1.165, 1.54) is 82.6 Å². The zero-order chi connectivity index (χ0) is 43.3. The summed E-state index contributed by atoms with van der Waals surface area (Å²) in [6, 6.07) is 14.9. The quantitative estimate of drug-likeness (QED) is 0.0279. The van der Waals surface area contributed by atoms with Crippen molar-refractivity contribution in [1.29, 1.82) is 0 Å². The van der Waals surface area contributed by atoms with Crippen molar-refractivity contribution in [2.75, 3.05) is 26.2 Å². The molecule has 2 heterocycles. The predicted octanol–water partition coefficient (Wildman–Crippen LogP) is 3.14. The Balaban J connectivity index is 1.09. The fourth-order valence-corrected chi connectivity index (χ4v) is 6.30. The third kappa shape index (κ3) is 12.8. The van der Waals surface area contributed by atoms with Crippen molar-refractivity contribution in [2.45, 2.75) is 56.2 Å². The first-order valence-electron chi connectivity index (χ1n) is 18.1. The number of benzene rings is 3. The fourth-order valence-electron chi connectivity index (χ4n) is 5.92. The summed E-state index contributed by atoms with van der Waals surface area (Å²) in [6.07, 6.45) is -3.70. The predicted molar refractivity (Wildman–Crippen MR) is 210 cm³/mol. The Hall–Kier alpha value is -6.92. The van der Waals surface area contributed by atoms with Gasteiger partial charge in [-0.2, -0.15) is 12.6 Å². The lowest BCUT2D eigenvalue weighted by molar-refractivity contribution is -0.385. The molecule has 2 fully saturated rings. The second-order valence-electron chi connectivity index (χ2n) is 13.4. The maximum Gasteiger partial charge on any atom is 0.414 e. The van der Waals surface area contributed by atoms with Gasteiger partial charge in [-0.05, 0) is 59.5 Å². The zero-order valence-corrected chi connectivity index (χ0v) is 32.4. The lowest BCUT2D eigenvalue weighted by atomic mass is 10.1. The second kappa shape index (κ2) is 20.7. The van der Waals surface area contributed by atoms with E-state index in [9.17, 15) is 54.6 Å². The summed E-state index contributed by atoms with van der Waals surface area (Å²) < 4.78 is 15.7. The van der Waals surface area contributed by atoms with Crippen molar-refractivity contribution in [1.82, 2.24) is 25.8 Å². The maximum atomic E-state index is 13.4. The van der Waals surface area contributed by atoms with E-state index in [0.29, 0.717) is 23.1 Å². The third-order valence-corrected chi connectivity index (χ3v) is 9.45. The molecule has 0 saturated carbocycles. The number of aliphatic hydroxyl groups excluding tert-OH is 1. The second-order valence-corrected chi connectivity index (χ2v) is 14.2. The number of likely N-dealkylation sites (tertiary alicyclic amines) is 2. The molecule has 3 aromatic carbocycles. The number of amides is 4. The lowest BCUT2D eigenvalue weighted by Crippen LogP contribution is -2.64. The van der Waals surface area contributed by atoms with Gasteiger partial charge in [-0.1, -0.05) is 0 Å². The van der Waals surface area contributed by atoms with E-state index in [-0.39, 0.29) is 86.7 Å². The topological polar surface area (TPSA) is 301 Å². The number of hydrogen-bond acceptors (Lipinski definition) is 17. The number of nitrogens with zero attached hydrogens (tertiary/aromatic N) is 6.